The van der Waals surface area contributed by atoms with Crippen LogP contribution in [0.2, 0.25) is 0 Å². The first-order valence-corrected chi connectivity index (χ1v) is 9.40. The lowest BCUT2D eigenvalue weighted by atomic mass is 10.1. The summed E-state index contributed by atoms with van der Waals surface area (Å²) in [7, 11) is 3.82. The fourth-order valence-corrected chi connectivity index (χ4v) is 3.08. The maximum absolute atomic E-state index is 12.9. The maximum Gasteiger partial charge on any atom is 0.257 e. The van der Waals surface area contributed by atoms with Crippen LogP contribution in [0.3, 0.4) is 0 Å². The van der Waals surface area contributed by atoms with Crippen LogP contribution in [0.25, 0.3) is 0 Å². The molecule has 7 nitrogen and oxygen atoms in total. The SMILES string of the molecule is CN(C)c1cccc(C(=O)Nc2ccccc2C(=O)Nc2ccc3c(c2)OCO3)c1. The first-order chi connectivity index (χ1) is 14.5. The van der Waals surface area contributed by atoms with Gasteiger partial charge in [0.1, 0.15) is 0 Å². The predicted octanol–water partition coefficient (Wildman–Crippen LogP) is 3.99. The number of hydrogen-bond acceptors (Lipinski definition) is 5. The van der Waals surface area contributed by atoms with E-state index in [4.69, 9.17) is 9.47 Å². The summed E-state index contributed by atoms with van der Waals surface area (Å²) in [6, 6.07) is 19.3. The molecule has 0 aromatic heterocycles. The van der Waals surface area contributed by atoms with Crippen LogP contribution >= 0.6 is 0 Å². The van der Waals surface area contributed by atoms with Crippen molar-refractivity contribution >= 4 is 28.9 Å². The first kappa shape index (κ1) is 19.3. The minimum absolute atomic E-state index is 0.163. The number of carbonyl (C=O) groups excluding carboxylic acids is 2. The largest absolute Gasteiger partial charge is 0.454 e. The van der Waals surface area contributed by atoms with Crippen LogP contribution in [0.1, 0.15) is 20.7 Å². The van der Waals surface area contributed by atoms with Crippen molar-refractivity contribution in [1.82, 2.24) is 0 Å². The Morgan fingerprint density at radius 1 is 0.833 bits per heavy atom. The molecule has 7 heteroatoms. The standard InChI is InChI=1S/C23H21N3O4/c1-26(2)17-7-5-6-15(12-17)22(27)25-19-9-4-3-8-18(19)23(28)24-16-10-11-20-21(13-16)30-14-29-20/h3-13H,14H2,1-2H3,(H,24,28)(H,25,27). The average Bonchev–Trinajstić information content (AvgIpc) is 3.22. The van der Waals surface area contributed by atoms with Crippen LogP contribution in [0.15, 0.2) is 66.7 Å². The number of rotatable bonds is 5. The smallest absolute Gasteiger partial charge is 0.257 e. The van der Waals surface area contributed by atoms with Gasteiger partial charge in [0.05, 0.1) is 11.3 Å². The summed E-state index contributed by atoms with van der Waals surface area (Å²) in [5.74, 6) is 0.588. The molecule has 0 fully saturated rings. The maximum atomic E-state index is 12.9. The van der Waals surface area contributed by atoms with Gasteiger partial charge in [-0.2, -0.15) is 0 Å². The monoisotopic (exact) mass is 403 g/mol. The number of para-hydroxylation sites is 1. The van der Waals surface area contributed by atoms with Gasteiger partial charge >= 0.3 is 0 Å². The highest BCUT2D eigenvalue weighted by atomic mass is 16.7. The number of nitrogens with zero attached hydrogens (tertiary/aromatic N) is 1. The molecule has 152 valence electrons. The summed E-state index contributed by atoms with van der Waals surface area (Å²) >= 11 is 0. The molecule has 0 radical (unpaired) electrons. The Balaban J connectivity index is 1.53. The van der Waals surface area contributed by atoms with Crippen molar-refractivity contribution in [2.24, 2.45) is 0 Å². The minimum Gasteiger partial charge on any atom is -0.454 e. The normalized spacial score (nSPS) is 11.7. The molecule has 0 unspecified atom stereocenters. The lowest BCUT2D eigenvalue weighted by molar-refractivity contribution is 0.102. The molecule has 1 aliphatic heterocycles. The van der Waals surface area contributed by atoms with Crippen LogP contribution in [0.4, 0.5) is 17.1 Å². The molecule has 1 aliphatic rings. The van der Waals surface area contributed by atoms with Gasteiger partial charge < -0.3 is 25.0 Å². The Kier molecular flexibility index (Phi) is 5.26. The number of amides is 2. The zero-order valence-electron chi connectivity index (χ0n) is 16.6. The molecular formula is C23H21N3O4. The van der Waals surface area contributed by atoms with Gasteiger partial charge in [-0.15, -0.1) is 0 Å². The van der Waals surface area contributed by atoms with E-state index in [-0.39, 0.29) is 18.6 Å². The van der Waals surface area contributed by atoms with E-state index in [2.05, 4.69) is 10.6 Å². The molecule has 0 aliphatic carbocycles. The molecule has 3 aromatic carbocycles. The van der Waals surface area contributed by atoms with E-state index in [0.29, 0.717) is 34.0 Å². The quantitative estimate of drug-likeness (QED) is 0.674. The molecule has 2 N–H and O–H groups in total. The molecule has 4 rings (SSSR count). The van der Waals surface area contributed by atoms with E-state index < -0.39 is 0 Å². The number of nitrogens with one attached hydrogen (secondary N) is 2. The van der Waals surface area contributed by atoms with Crippen LogP contribution in [-0.2, 0) is 0 Å². The third kappa shape index (κ3) is 4.05. The molecule has 3 aromatic rings. The molecule has 0 atom stereocenters. The molecule has 0 saturated carbocycles. The molecule has 1 heterocycles. The molecule has 30 heavy (non-hydrogen) atoms. The van der Waals surface area contributed by atoms with E-state index in [9.17, 15) is 9.59 Å². The van der Waals surface area contributed by atoms with E-state index >= 15 is 0 Å². The highest BCUT2D eigenvalue weighted by Crippen LogP contribution is 2.34. The van der Waals surface area contributed by atoms with Crippen LogP contribution < -0.4 is 25.0 Å². The summed E-state index contributed by atoms with van der Waals surface area (Å²) < 4.78 is 10.6. The van der Waals surface area contributed by atoms with Gasteiger partial charge in [0.25, 0.3) is 11.8 Å². The number of fused-ring (bicyclic) bond motifs is 1. The molecule has 0 spiro atoms. The van der Waals surface area contributed by atoms with Gasteiger partial charge in [0, 0.05) is 37.1 Å². The molecular weight excluding hydrogens is 382 g/mol. The van der Waals surface area contributed by atoms with Gasteiger partial charge in [-0.3, -0.25) is 9.59 Å². The van der Waals surface area contributed by atoms with E-state index in [0.717, 1.165) is 5.69 Å². The van der Waals surface area contributed by atoms with Crippen molar-refractivity contribution in [3.63, 3.8) is 0 Å². The van der Waals surface area contributed by atoms with Crippen molar-refractivity contribution in [3.8, 4) is 11.5 Å². The topological polar surface area (TPSA) is 79.9 Å². The van der Waals surface area contributed by atoms with Crippen molar-refractivity contribution in [3.05, 3.63) is 77.9 Å². The zero-order valence-corrected chi connectivity index (χ0v) is 16.6. The zero-order chi connectivity index (χ0) is 21.1. The average molecular weight is 403 g/mol. The highest BCUT2D eigenvalue weighted by molar-refractivity contribution is 6.12. The molecule has 0 bridgehead atoms. The Bertz CT molecular complexity index is 1110. The Morgan fingerprint density at radius 3 is 2.47 bits per heavy atom. The van der Waals surface area contributed by atoms with Crippen molar-refractivity contribution in [2.75, 3.05) is 36.4 Å². The van der Waals surface area contributed by atoms with Crippen molar-refractivity contribution < 1.29 is 19.1 Å². The lowest BCUT2D eigenvalue weighted by Crippen LogP contribution is -2.18. The number of ether oxygens (including phenoxy) is 2. The van der Waals surface area contributed by atoms with Gasteiger partial charge in [-0.05, 0) is 42.5 Å². The van der Waals surface area contributed by atoms with E-state index in [1.807, 2.05) is 31.1 Å². The Hall–Kier alpha value is -4.00. The summed E-state index contributed by atoms with van der Waals surface area (Å²) in [6.07, 6.45) is 0. The van der Waals surface area contributed by atoms with Gasteiger partial charge in [-0.1, -0.05) is 18.2 Å². The summed E-state index contributed by atoms with van der Waals surface area (Å²) in [5.41, 5.74) is 2.77. The Morgan fingerprint density at radius 2 is 1.63 bits per heavy atom. The molecule has 0 saturated heterocycles. The third-order valence-corrected chi connectivity index (χ3v) is 4.68. The van der Waals surface area contributed by atoms with Crippen molar-refractivity contribution in [2.45, 2.75) is 0 Å². The molecule has 2 amide bonds. The second kappa shape index (κ2) is 8.16. The Labute approximate surface area is 174 Å². The number of hydrogen-bond donors (Lipinski definition) is 2. The first-order valence-electron chi connectivity index (χ1n) is 9.40. The second-order valence-electron chi connectivity index (χ2n) is 6.97. The summed E-state index contributed by atoms with van der Waals surface area (Å²) in [5, 5.41) is 5.67. The van der Waals surface area contributed by atoms with Gasteiger partial charge in [0.15, 0.2) is 11.5 Å². The number of anilines is 3. The summed E-state index contributed by atoms with van der Waals surface area (Å²) in [4.78, 5) is 27.5. The fourth-order valence-electron chi connectivity index (χ4n) is 3.08. The lowest BCUT2D eigenvalue weighted by Gasteiger charge is -2.14. The van der Waals surface area contributed by atoms with Crippen LogP contribution in [-0.4, -0.2) is 32.7 Å². The van der Waals surface area contributed by atoms with Crippen LogP contribution in [0, 0.1) is 0 Å². The van der Waals surface area contributed by atoms with Gasteiger partial charge in [-0.25, -0.2) is 0 Å². The summed E-state index contributed by atoms with van der Waals surface area (Å²) in [6.45, 7) is 0.163. The number of carbonyl (C=O) groups is 2. The van der Waals surface area contributed by atoms with Crippen LogP contribution in [0.5, 0.6) is 11.5 Å². The van der Waals surface area contributed by atoms with E-state index in [1.54, 1.807) is 54.6 Å². The third-order valence-electron chi connectivity index (χ3n) is 4.68. The van der Waals surface area contributed by atoms with E-state index in [1.165, 1.54) is 0 Å². The fraction of sp³-hybridized carbons (Fsp3) is 0.130. The minimum atomic E-state index is -0.341. The van der Waals surface area contributed by atoms with Gasteiger partial charge in [0.2, 0.25) is 6.79 Å². The number of benzene rings is 3. The van der Waals surface area contributed by atoms with Crippen molar-refractivity contribution in [1.29, 1.82) is 0 Å². The predicted molar refractivity (Wildman–Crippen MR) is 116 cm³/mol. The second-order valence-corrected chi connectivity index (χ2v) is 6.97. The highest BCUT2D eigenvalue weighted by Gasteiger charge is 2.17.